The van der Waals surface area contributed by atoms with E-state index < -0.39 is 12.1 Å². The molecule has 1 aliphatic heterocycles. The molecule has 172 valence electrons. The number of carbonyl (C=O) groups is 3. The summed E-state index contributed by atoms with van der Waals surface area (Å²) in [5, 5.41) is 6.46. The summed E-state index contributed by atoms with van der Waals surface area (Å²) in [6.07, 6.45) is 2.30. The highest BCUT2D eigenvalue weighted by molar-refractivity contribution is 6.05. The molecule has 0 bridgehead atoms. The van der Waals surface area contributed by atoms with E-state index in [9.17, 15) is 14.4 Å². The van der Waals surface area contributed by atoms with Crippen molar-refractivity contribution in [3.63, 3.8) is 0 Å². The van der Waals surface area contributed by atoms with Crippen LogP contribution in [0.4, 0.5) is 4.79 Å². The highest BCUT2D eigenvalue weighted by Gasteiger charge is 2.38. The molecule has 0 unspecified atom stereocenters. The average molecular weight is 450 g/mol. The molecule has 9 nitrogen and oxygen atoms in total. The van der Waals surface area contributed by atoms with Crippen LogP contribution in [-0.2, 0) is 22.6 Å². The molecule has 2 aromatic carbocycles. The largest absolute Gasteiger partial charge is 0.493 e. The van der Waals surface area contributed by atoms with Gasteiger partial charge in [-0.2, -0.15) is 0 Å². The quantitative estimate of drug-likeness (QED) is 0.433. The van der Waals surface area contributed by atoms with Crippen molar-refractivity contribution in [1.29, 1.82) is 0 Å². The van der Waals surface area contributed by atoms with Gasteiger partial charge in [0.25, 0.3) is 5.91 Å². The Morgan fingerprint density at radius 3 is 2.67 bits per heavy atom. The summed E-state index contributed by atoms with van der Waals surface area (Å²) < 4.78 is 10.5. The van der Waals surface area contributed by atoms with Crippen LogP contribution >= 0.6 is 0 Å². The fourth-order valence-corrected chi connectivity index (χ4v) is 3.95. The molecule has 0 radical (unpaired) electrons. The molecule has 4 rings (SSSR count). The topological polar surface area (TPSA) is 113 Å². The number of ether oxygens (including phenoxy) is 2. The second kappa shape index (κ2) is 9.64. The number of imide groups is 1. The summed E-state index contributed by atoms with van der Waals surface area (Å²) in [6.45, 7) is 0.509. The van der Waals surface area contributed by atoms with Crippen LogP contribution < -0.4 is 20.1 Å². The van der Waals surface area contributed by atoms with Crippen molar-refractivity contribution in [2.24, 2.45) is 0 Å². The number of aromatic nitrogens is 1. The number of nitrogens with zero attached hydrogens (tertiary/aromatic N) is 1. The molecular weight excluding hydrogens is 424 g/mol. The van der Waals surface area contributed by atoms with Gasteiger partial charge in [0.15, 0.2) is 11.5 Å². The minimum Gasteiger partial charge on any atom is -0.493 e. The van der Waals surface area contributed by atoms with Crippen LogP contribution in [0.1, 0.15) is 17.5 Å². The minimum atomic E-state index is -0.870. The number of para-hydroxylation sites is 1. The number of benzene rings is 2. The molecule has 4 amide bonds. The highest BCUT2D eigenvalue weighted by atomic mass is 16.5. The highest BCUT2D eigenvalue weighted by Crippen LogP contribution is 2.27. The Labute approximate surface area is 191 Å². The van der Waals surface area contributed by atoms with Crippen molar-refractivity contribution in [2.45, 2.75) is 25.4 Å². The van der Waals surface area contributed by atoms with E-state index in [1.165, 1.54) is 4.90 Å². The molecule has 3 aromatic rings. The number of hydrogen-bond donors (Lipinski definition) is 3. The molecule has 1 fully saturated rings. The van der Waals surface area contributed by atoms with Crippen molar-refractivity contribution >= 4 is 28.7 Å². The number of urea groups is 1. The summed E-state index contributed by atoms with van der Waals surface area (Å²) in [4.78, 5) is 41.8. The first-order valence-corrected chi connectivity index (χ1v) is 10.6. The van der Waals surface area contributed by atoms with E-state index in [1.807, 2.05) is 36.5 Å². The molecule has 1 atom stereocenters. The molecule has 0 spiro atoms. The van der Waals surface area contributed by atoms with Crippen LogP contribution in [0, 0.1) is 0 Å². The number of H-pyrrole nitrogens is 1. The number of fused-ring (bicyclic) bond motifs is 1. The van der Waals surface area contributed by atoms with Gasteiger partial charge in [0.05, 0.1) is 20.6 Å². The van der Waals surface area contributed by atoms with Crippen molar-refractivity contribution in [3.8, 4) is 11.5 Å². The van der Waals surface area contributed by atoms with Gasteiger partial charge in [0.1, 0.15) is 6.04 Å². The molecule has 1 aliphatic rings. The van der Waals surface area contributed by atoms with Gasteiger partial charge < -0.3 is 25.1 Å². The van der Waals surface area contributed by atoms with Crippen LogP contribution in [0.2, 0.25) is 0 Å². The van der Waals surface area contributed by atoms with Crippen molar-refractivity contribution < 1.29 is 23.9 Å². The van der Waals surface area contributed by atoms with Gasteiger partial charge in [-0.25, -0.2) is 4.79 Å². The van der Waals surface area contributed by atoms with Gasteiger partial charge in [-0.1, -0.05) is 24.3 Å². The summed E-state index contributed by atoms with van der Waals surface area (Å²) in [5.41, 5.74) is 2.86. The smallest absolute Gasteiger partial charge is 0.324 e. The molecule has 33 heavy (non-hydrogen) atoms. The fraction of sp³-hybridized carbons (Fsp3) is 0.292. The molecule has 1 aromatic heterocycles. The third-order valence-corrected chi connectivity index (χ3v) is 5.71. The van der Waals surface area contributed by atoms with Gasteiger partial charge in [-0.15, -0.1) is 0 Å². The van der Waals surface area contributed by atoms with E-state index in [4.69, 9.17) is 9.47 Å². The predicted molar refractivity (Wildman–Crippen MR) is 122 cm³/mol. The SMILES string of the molecule is COc1ccc(CNC(=O)C[C@H]2NC(=O)N(CCc3c[nH]c4ccccc34)C2=O)cc1OC. The second-order valence-electron chi connectivity index (χ2n) is 7.77. The number of aromatic amines is 1. The number of methoxy groups -OCH3 is 2. The van der Waals surface area contributed by atoms with E-state index in [0.717, 1.165) is 22.0 Å². The Morgan fingerprint density at radius 2 is 1.88 bits per heavy atom. The number of hydrogen-bond acceptors (Lipinski definition) is 5. The number of amides is 4. The fourth-order valence-electron chi connectivity index (χ4n) is 3.95. The monoisotopic (exact) mass is 450 g/mol. The number of carbonyl (C=O) groups excluding carboxylic acids is 3. The van der Waals surface area contributed by atoms with Gasteiger partial charge >= 0.3 is 6.03 Å². The molecule has 2 heterocycles. The Kier molecular flexibility index (Phi) is 6.48. The zero-order chi connectivity index (χ0) is 23.4. The van der Waals surface area contributed by atoms with Crippen LogP contribution in [0.15, 0.2) is 48.7 Å². The molecule has 3 N–H and O–H groups in total. The lowest BCUT2D eigenvalue weighted by molar-refractivity contribution is -0.130. The van der Waals surface area contributed by atoms with Gasteiger partial charge in [0, 0.05) is 30.2 Å². The van der Waals surface area contributed by atoms with Gasteiger partial charge in [-0.3, -0.25) is 14.5 Å². The average Bonchev–Trinajstić information content (AvgIpc) is 3.36. The summed E-state index contributed by atoms with van der Waals surface area (Å²) in [7, 11) is 3.09. The third kappa shape index (κ3) is 4.77. The van der Waals surface area contributed by atoms with Crippen LogP contribution in [0.25, 0.3) is 10.9 Å². The lowest BCUT2D eigenvalue weighted by Crippen LogP contribution is -2.36. The minimum absolute atomic E-state index is 0.124. The maximum atomic E-state index is 12.7. The molecular formula is C24H26N4O5. The number of nitrogens with one attached hydrogen (secondary N) is 3. The Bertz CT molecular complexity index is 1190. The third-order valence-electron chi connectivity index (χ3n) is 5.71. The van der Waals surface area contributed by atoms with Crippen LogP contribution in [0.3, 0.4) is 0 Å². The predicted octanol–water partition coefficient (Wildman–Crippen LogP) is 2.35. The van der Waals surface area contributed by atoms with Crippen LogP contribution in [-0.4, -0.2) is 54.5 Å². The first kappa shape index (κ1) is 22.2. The standard InChI is InChI=1S/C24H26N4O5/c1-32-20-8-7-15(11-21(20)33-2)13-26-22(29)12-19-23(30)28(24(31)27-19)10-9-16-14-25-18-6-4-3-5-17(16)18/h3-8,11,14,19,25H,9-10,12-13H2,1-2H3,(H,26,29)(H,27,31)/t19-/m1/s1. The van der Waals surface area contributed by atoms with Gasteiger partial charge in [0.2, 0.25) is 5.91 Å². The molecule has 0 aliphatic carbocycles. The summed E-state index contributed by atoms with van der Waals surface area (Å²) >= 11 is 0. The second-order valence-corrected chi connectivity index (χ2v) is 7.77. The lowest BCUT2D eigenvalue weighted by Gasteiger charge is -2.13. The Morgan fingerprint density at radius 1 is 1.09 bits per heavy atom. The van der Waals surface area contributed by atoms with E-state index >= 15 is 0 Å². The zero-order valence-electron chi connectivity index (χ0n) is 18.5. The van der Waals surface area contributed by atoms with Gasteiger partial charge in [-0.05, 0) is 35.7 Å². The van der Waals surface area contributed by atoms with E-state index in [-0.39, 0.29) is 31.3 Å². The number of rotatable bonds is 9. The maximum Gasteiger partial charge on any atom is 0.324 e. The first-order chi connectivity index (χ1) is 16.0. The normalized spacial score (nSPS) is 15.6. The Hall–Kier alpha value is -4.01. The molecule has 0 saturated carbocycles. The maximum absolute atomic E-state index is 12.7. The first-order valence-electron chi connectivity index (χ1n) is 10.6. The molecule has 1 saturated heterocycles. The van der Waals surface area contributed by atoms with Crippen LogP contribution in [0.5, 0.6) is 11.5 Å². The molecule has 9 heteroatoms. The lowest BCUT2D eigenvalue weighted by atomic mass is 10.1. The Balaban J connectivity index is 1.30. The van der Waals surface area contributed by atoms with E-state index in [1.54, 1.807) is 26.4 Å². The zero-order valence-corrected chi connectivity index (χ0v) is 18.5. The van der Waals surface area contributed by atoms with Crippen molar-refractivity contribution in [1.82, 2.24) is 20.5 Å². The van der Waals surface area contributed by atoms with Crippen molar-refractivity contribution in [2.75, 3.05) is 20.8 Å². The summed E-state index contributed by atoms with van der Waals surface area (Å²) in [6, 6.07) is 11.9. The van der Waals surface area contributed by atoms with E-state index in [0.29, 0.717) is 17.9 Å². The van der Waals surface area contributed by atoms with Crippen molar-refractivity contribution in [3.05, 3.63) is 59.8 Å². The summed E-state index contributed by atoms with van der Waals surface area (Å²) in [5.74, 6) is 0.441. The van der Waals surface area contributed by atoms with E-state index in [2.05, 4.69) is 15.6 Å².